The van der Waals surface area contributed by atoms with E-state index in [-0.39, 0.29) is 17.9 Å². The lowest BCUT2D eigenvalue weighted by Gasteiger charge is -2.14. The molecule has 9 heteroatoms. The first kappa shape index (κ1) is 15.3. The Morgan fingerprint density at radius 2 is 1.84 bits per heavy atom. The number of aliphatic hydroxyl groups excluding tert-OH is 1. The van der Waals surface area contributed by atoms with Crippen LogP contribution in [0.5, 0.6) is 6.01 Å². The first-order valence-electron chi connectivity index (χ1n) is 5.77. The number of aromatic nitrogens is 3. The van der Waals surface area contributed by atoms with Crippen LogP contribution in [0.1, 0.15) is 13.3 Å². The van der Waals surface area contributed by atoms with Crippen LogP contribution < -0.4 is 15.4 Å². The molecule has 0 saturated carbocycles. The third-order valence-electron chi connectivity index (χ3n) is 2.07. The molecule has 0 atom stereocenters. The van der Waals surface area contributed by atoms with Gasteiger partial charge in [0, 0.05) is 6.54 Å². The molecule has 19 heavy (non-hydrogen) atoms. The number of anilines is 2. The molecule has 1 aromatic heterocycles. The van der Waals surface area contributed by atoms with E-state index in [9.17, 15) is 8.78 Å². The van der Waals surface area contributed by atoms with Gasteiger partial charge in [-0.05, 0) is 6.42 Å². The van der Waals surface area contributed by atoms with Gasteiger partial charge in [-0.1, -0.05) is 6.92 Å². The van der Waals surface area contributed by atoms with Gasteiger partial charge in [0.1, 0.15) is 6.61 Å². The molecule has 3 N–H and O–H groups in total. The molecule has 7 nitrogen and oxygen atoms in total. The smallest absolute Gasteiger partial charge is 0.322 e. The van der Waals surface area contributed by atoms with E-state index in [1.165, 1.54) is 7.11 Å². The summed E-state index contributed by atoms with van der Waals surface area (Å²) in [5.74, 6) is -3.04. The van der Waals surface area contributed by atoms with Gasteiger partial charge in [-0.25, -0.2) is 8.78 Å². The fourth-order valence-electron chi connectivity index (χ4n) is 1.11. The lowest BCUT2D eigenvalue weighted by atomic mass is 10.3. The highest BCUT2D eigenvalue weighted by molar-refractivity contribution is 5.36. The van der Waals surface area contributed by atoms with Gasteiger partial charge in [0.05, 0.1) is 13.7 Å². The molecule has 0 saturated heterocycles. The summed E-state index contributed by atoms with van der Waals surface area (Å²) in [4.78, 5) is 11.6. The van der Waals surface area contributed by atoms with E-state index in [1.54, 1.807) is 0 Å². The predicted octanol–water partition coefficient (Wildman–Crippen LogP) is 0.742. The number of ether oxygens (including phenoxy) is 1. The zero-order chi connectivity index (χ0) is 14.3. The molecule has 0 spiro atoms. The Labute approximate surface area is 109 Å². The van der Waals surface area contributed by atoms with Crippen molar-refractivity contribution in [2.75, 3.05) is 37.4 Å². The van der Waals surface area contributed by atoms with Gasteiger partial charge in [-0.2, -0.15) is 15.0 Å². The number of alkyl halides is 2. The lowest BCUT2D eigenvalue weighted by Crippen LogP contribution is -2.31. The zero-order valence-corrected chi connectivity index (χ0v) is 10.8. The largest absolute Gasteiger partial charge is 0.467 e. The minimum Gasteiger partial charge on any atom is -0.467 e. The van der Waals surface area contributed by atoms with Crippen molar-refractivity contribution < 1.29 is 18.6 Å². The summed E-state index contributed by atoms with van der Waals surface area (Å²) in [6.07, 6.45) is 0.860. The average molecular weight is 277 g/mol. The highest BCUT2D eigenvalue weighted by atomic mass is 19.3. The summed E-state index contributed by atoms with van der Waals surface area (Å²) < 4.78 is 30.6. The van der Waals surface area contributed by atoms with Gasteiger partial charge in [-0.15, -0.1) is 0 Å². The number of hydrogen-bond acceptors (Lipinski definition) is 7. The number of methoxy groups -OCH3 is 1. The second kappa shape index (κ2) is 6.98. The first-order chi connectivity index (χ1) is 9.00. The van der Waals surface area contributed by atoms with Crippen molar-refractivity contribution in [1.82, 2.24) is 15.0 Å². The van der Waals surface area contributed by atoms with Crippen molar-refractivity contribution in [3.8, 4) is 6.01 Å². The van der Waals surface area contributed by atoms with Crippen LogP contribution in [0, 0.1) is 0 Å². The van der Waals surface area contributed by atoms with Crippen LogP contribution >= 0.6 is 0 Å². The fraction of sp³-hybridized carbons (Fsp3) is 0.700. The predicted molar refractivity (Wildman–Crippen MR) is 65.7 cm³/mol. The Balaban J connectivity index is 2.76. The maximum atomic E-state index is 12.9. The van der Waals surface area contributed by atoms with Gasteiger partial charge in [0.2, 0.25) is 11.9 Å². The molecule has 0 radical (unpaired) electrons. The molecule has 0 bridgehead atoms. The van der Waals surface area contributed by atoms with E-state index in [2.05, 4.69) is 25.6 Å². The van der Waals surface area contributed by atoms with Crippen molar-refractivity contribution in [1.29, 1.82) is 0 Å². The molecule has 0 amide bonds. The minimum absolute atomic E-state index is 0.0171. The summed E-state index contributed by atoms with van der Waals surface area (Å²) in [7, 11) is 1.37. The van der Waals surface area contributed by atoms with Crippen LogP contribution in [0.3, 0.4) is 0 Å². The monoisotopic (exact) mass is 277 g/mol. The van der Waals surface area contributed by atoms with Gasteiger partial charge in [0.15, 0.2) is 0 Å². The molecular formula is C10H17F2N5O2. The highest BCUT2D eigenvalue weighted by Gasteiger charge is 2.27. The van der Waals surface area contributed by atoms with E-state index in [0.717, 1.165) is 6.42 Å². The van der Waals surface area contributed by atoms with Crippen molar-refractivity contribution in [2.24, 2.45) is 0 Å². The average Bonchev–Trinajstić information content (AvgIpc) is 2.42. The number of halogens is 2. The van der Waals surface area contributed by atoms with Gasteiger partial charge >= 0.3 is 6.01 Å². The van der Waals surface area contributed by atoms with Crippen molar-refractivity contribution >= 4 is 11.9 Å². The van der Waals surface area contributed by atoms with E-state index in [0.29, 0.717) is 6.54 Å². The van der Waals surface area contributed by atoms with Crippen LogP contribution in [-0.4, -0.2) is 52.8 Å². The SMILES string of the molecule is CCCNc1nc(NCC(F)(F)CO)nc(OC)n1. The topological polar surface area (TPSA) is 92.2 Å². The zero-order valence-electron chi connectivity index (χ0n) is 10.8. The molecule has 0 aromatic carbocycles. The maximum Gasteiger partial charge on any atom is 0.322 e. The molecule has 0 fully saturated rings. The summed E-state index contributed by atoms with van der Waals surface area (Å²) in [6, 6.07) is 0.0171. The van der Waals surface area contributed by atoms with E-state index in [4.69, 9.17) is 9.84 Å². The second-order valence-electron chi connectivity index (χ2n) is 3.76. The Hall–Kier alpha value is -1.77. The molecule has 108 valence electrons. The molecule has 0 aliphatic rings. The Morgan fingerprint density at radius 3 is 2.37 bits per heavy atom. The summed E-state index contributed by atoms with van der Waals surface area (Å²) >= 11 is 0. The van der Waals surface area contributed by atoms with Crippen molar-refractivity contribution in [3.05, 3.63) is 0 Å². The second-order valence-corrected chi connectivity index (χ2v) is 3.76. The molecule has 0 aliphatic heterocycles. The number of nitrogens with zero attached hydrogens (tertiary/aromatic N) is 3. The van der Waals surface area contributed by atoms with Crippen LogP contribution in [-0.2, 0) is 0 Å². The standard InChI is InChI=1S/C10H17F2N5O2/c1-3-4-13-7-15-8(17-9(16-7)19-2)14-5-10(11,12)6-18/h18H,3-6H2,1-2H3,(H2,13,14,15,16,17). The number of aliphatic hydroxyl groups is 1. The normalized spacial score (nSPS) is 11.2. The molecule has 1 heterocycles. The molecule has 1 rings (SSSR count). The van der Waals surface area contributed by atoms with Crippen LogP contribution in [0.2, 0.25) is 0 Å². The van der Waals surface area contributed by atoms with Crippen molar-refractivity contribution in [2.45, 2.75) is 19.3 Å². The summed E-state index contributed by atoms with van der Waals surface area (Å²) in [6.45, 7) is 0.582. The van der Waals surface area contributed by atoms with Crippen LogP contribution in [0.15, 0.2) is 0 Å². The maximum absolute atomic E-state index is 12.9. The fourth-order valence-corrected chi connectivity index (χ4v) is 1.11. The Morgan fingerprint density at radius 1 is 1.21 bits per heavy atom. The summed E-state index contributed by atoms with van der Waals surface area (Å²) in [5, 5.41) is 13.7. The minimum atomic E-state index is -3.24. The van der Waals surface area contributed by atoms with Crippen LogP contribution in [0.4, 0.5) is 20.7 Å². The summed E-state index contributed by atoms with van der Waals surface area (Å²) in [5.41, 5.74) is 0. The van der Waals surface area contributed by atoms with E-state index in [1.807, 2.05) is 6.92 Å². The number of hydrogen-bond donors (Lipinski definition) is 3. The molecule has 0 aliphatic carbocycles. The molecule has 1 aromatic rings. The van der Waals surface area contributed by atoms with Crippen LogP contribution in [0.25, 0.3) is 0 Å². The molecule has 0 unspecified atom stereocenters. The number of nitrogens with one attached hydrogen (secondary N) is 2. The van der Waals surface area contributed by atoms with Gasteiger partial charge < -0.3 is 20.5 Å². The van der Waals surface area contributed by atoms with Crippen molar-refractivity contribution in [3.63, 3.8) is 0 Å². The number of rotatable bonds is 8. The highest BCUT2D eigenvalue weighted by Crippen LogP contribution is 2.15. The third kappa shape index (κ3) is 5.16. The Bertz CT molecular complexity index is 406. The van der Waals surface area contributed by atoms with E-state index < -0.39 is 19.1 Å². The van der Waals surface area contributed by atoms with Gasteiger partial charge in [-0.3, -0.25) is 0 Å². The quantitative estimate of drug-likeness (QED) is 0.645. The Kier molecular flexibility index (Phi) is 5.61. The molecular weight excluding hydrogens is 260 g/mol. The van der Waals surface area contributed by atoms with Gasteiger partial charge in [0.25, 0.3) is 5.92 Å². The van der Waals surface area contributed by atoms with E-state index >= 15 is 0 Å². The first-order valence-corrected chi connectivity index (χ1v) is 5.77. The lowest BCUT2D eigenvalue weighted by molar-refractivity contribution is -0.0374. The third-order valence-corrected chi connectivity index (χ3v) is 2.07.